The van der Waals surface area contributed by atoms with E-state index in [-0.39, 0.29) is 17.8 Å². The van der Waals surface area contributed by atoms with Crippen molar-refractivity contribution in [3.8, 4) is 0 Å². The molecule has 0 aliphatic rings. The monoisotopic (exact) mass is 400 g/mol. The normalized spacial score (nSPS) is 12.1. The van der Waals surface area contributed by atoms with E-state index in [2.05, 4.69) is 28.9 Å². The molecular formula is C26H25FN2O. The smallest absolute Gasteiger partial charge is 0.253 e. The van der Waals surface area contributed by atoms with Gasteiger partial charge in [-0.25, -0.2) is 4.39 Å². The summed E-state index contributed by atoms with van der Waals surface area (Å²) in [5, 5.41) is 4.13. The van der Waals surface area contributed by atoms with Gasteiger partial charge in [-0.05, 0) is 42.2 Å². The molecule has 4 rings (SSSR count). The Labute approximate surface area is 176 Å². The molecule has 1 unspecified atom stereocenters. The van der Waals surface area contributed by atoms with E-state index in [9.17, 15) is 9.18 Å². The van der Waals surface area contributed by atoms with E-state index in [1.807, 2.05) is 48.7 Å². The highest BCUT2D eigenvalue weighted by Crippen LogP contribution is 2.23. The number of halogens is 1. The van der Waals surface area contributed by atoms with Crippen molar-refractivity contribution in [2.75, 3.05) is 0 Å². The van der Waals surface area contributed by atoms with E-state index in [4.69, 9.17) is 0 Å². The number of benzene rings is 3. The van der Waals surface area contributed by atoms with E-state index < -0.39 is 0 Å². The Kier molecular flexibility index (Phi) is 5.94. The summed E-state index contributed by atoms with van der Waals surface area (Å²) in [6, 6.07) is 24.7. The van der Waals surface area contributed by atoms with E-state index in [1.165, 1.54) is 17.7 Å². The summed E-state index contributed by atoms with van der Waals surface area (Å²) in [6.07, 6.45) is 3.56. The van der Waals surface area contributed by atoms with Gasteiger partial charge in [0.05, 0.1) is 5.56 Å². The second kappa shape index (κ2) is 8.95. The van der Waals surface area contributed by atoms with Crippen molar-refractivity contribution in [2.45, 2.75) is 32.4 Å². The summed E-state index contributed by atoms with van der Waals surface area (Å²) in [5.74, 6) is -0.313. The van der Waals surface area contributed by atoms with Gasteiger partial charge in [-0.1, -0.05) is 67.6 Å². The molecule has 4 heteroatoms. The highest BCUT2D eigenvalue weighted by atomic mass is 19.1. The Hall–Kier alpha value is -3.40. The minimum Gasteiger partial charge on any atom is -0.349 e. The summed E-state index contributed by atoms with van der Waals surface area (Å²) < 4.78 is 15.3. The van der Waals surface area contributed by atoms with Crippen molar-refractivity contribution in [2.24, 2.45) is 0 Å². The minimum atomic E-state index is -0.250. The zero-order chi connectivity index (χ0) is 20.9. The predicted molar refractivity (Wildman–Crippen MR) is 119 cm³/mol. The molecule has 1 N–H and O–H groups in total. The number of para-hydroxylation sites is 1. The molecule has 1 aromatic heterocycles. The maximum atomic E-state index is 13.2. The number of hydrogen-bond acceptors (Lipinski definition) is 1. The summed E-state index contributed by atoms with van der Waals surface area (Å²) >= 11 is 0. The van der Waals surface area contributed by atoms with Gasteiger partial charge in [0, 0.05) is 29.7 Å². The third-order valence-electron chi connectivity index (χ3n) is 5.45. The molecule has 3 aromatic carbocycles. The highest BCUT2D eigenvalue weighted by Gasteiger charge is 2.18. The Balaban J connectivity index is 1.58. The Morgan fingerprint density at radius 1 is 0.933 bits per heavy atom. The molecule has 0 fully saturated rings. The van der Waals surface area contributed by atoms with Crippen LogP contribution in [-0.4, -0.2) is 16.5 Å². The molecule has 3 nitrogen and oxygen atoms in total. The van der Waals surface area contributed by atoms with Crippen LogP contribution >= 0.6 is 0 Å². The number of fused-ring (bicyclic) bond motifs is 1. The Morgan fingerprint density at radius 2 is 1.63 bits per heavy atom. The van der Waals surface area contributed by atoms with Crippen LogP contribution in [0.3, 0.4) is 0 Å². The molecule has 1 heterocycles. The summed E-state index contributed by atoms with van der Waals surface area (Å²) in [7, 11) is 0. The molecule has 1 amide bonds. The van der Waals surface area contributed by atoms with Crippen LogP contribution in [0.1, 0.15) is 34.8 Å². The molecular weight excluding hydrogens is 375 g/mol. The van der Waals surface area contributed by atoms with Gasteiger partial charge >= 0.3 is 0 Å². The summed E-state index contributed by atoms with van der Waals surface area (Å²) in [4.78, 5) is 13.2. The van der Waals surface area contributed by atoms with E-state index in [1.54, 1.807) is 12.1 Å². The second-order valence-electron chi connectivity index (χ2n) is 7.58. The largest absolute Gasteiger partial charge is 0.349 e. The first-order valence-electron chi connectivity index (χ1n) is 10.3. The van der Waals surface area contributed by atoms with Gasteiger partial charge in [-0.3, -0.25) is 4.79 Å². The fraction of sp³-hybridized carbons (Fsp3) is 0.192. The van der Waals surface area contributed by atoms with Crippen molar-refractivity contribution < 1.29 is 9.18 Å². The highest BCUT2D eigenvalue weighted by molar-refractivity contribution is 6.07. The third kappa shape index (κ3) is 4.43. The molecule has 0 spiro atoms. The zero-order valence-corrected chi connectivity index (χ0v) is 17.0. The number of nitrogens with one attached hydrogen (secondary N) is 1. The lowest BCUT2D eigenvalue weighted by Gasteiger charge is -2.17. The minimum absolute atomic E-state index is 0.0631. The third-order valence-corrected chi connectivity index (χ3v) is 5.45. The fourth-order valence-electron chi connectivity index (χ4n) is 3.80. The Bertz CT molecular complexity index is 1130. The van der Waals surface area contributed by atoms with Crippen LogP contribution in [0.2, 0.25) is 0 Å². The molecule has 0 radical (unpaired) electrons. The molecule has 0 saturated carbocycles. The van der Waals surface area contributed by atoms with Gasteiger partial charge in [0.15, 0.2) is 0 Å². The maximum absolute atomic E-state index is 13.2. The molecule has 152 valence electrons. The number of carbonyl (C=O) groups is 1. The lowest BCUT2D eigenvalue weighted by Crippen LogP contribution is -2.35. The molecule has 0 bridgehead atoms. The molecule has 0 aliphatic carbocycles. The second-order valence-corrected chi connectivity index (χ2v) is 7.58. The number of amides is 1. The number of carbonyl (C=O) groups excluding carboxylic acids is 1. The summed E-state index contributed by atoms with van der Waals surface area (Å²) in [5.41, 5.74) is 3.85. The SMILES string of the molecule is CCC(Cc1ccccc1)NC(=O)c1cn(Cc2ccc(F)cc2)c2ccccc12. The topological polar surface area (TPSA) is 34.0 Å². The first-order valence-corrected chi connectivity index (χ1v) is 10.3. The predicted octanol–water partition coefficient (Wildman–Crippen LogP) is 5.58. The molecule has 1 atom stereocenters. The van der Waals surface area contributed by atoms with Crippen molar-refractivity contribution >= 4 is 16.8 Å². The van der Waals surface area contributed by atoms with Gasteiger partial charge in [0.2, 0.25) is 0 Å². The van der Waals surface area contributed by atoms with E-state index >= 15 is 0 Å². The van der Waals surface area contributed by atoms with Gasteiger partial charge in [-0.2, -0.15) is 0 Å². The van der Waals surface area contributed by atoms with Crippen molar-refractivity contribution in [1.29, 1.82) is 0 Å². The standard InChI is InChI=1S/C26H25FN2O/c1-2-22(16-19-8-4-3-5-9-19)28-26(30)24-18-29(25-11-7-6-10-23(24)25)17-20-12-14-21(27)15-13-20/h3-15,18,22H,2,16-17H2,1H3,(H,28,30). The number of aromatic nitrogens is 1. The van der Waals surface area contributed by atoms with Crippen LogP contribution in [0.4, 0.5) is 4.39 Å². The van der Waals surface area contributed by atoms with Crippen molar-refractivity contribution in [1.82, 2.24) is 9.88 Å². The van der Waals surface area contributed by atoms with Crippen LogP contribution in [0.25, 0.3) is 10.9 Å². The summed E-state index contributed by atoms with van der Waals surface area (Å²) in [6.45, 7) is 2.67. The number of hydrogen-bond donors (Lipinski definition) is 1. The van der Waals surface area contributed by atoms with Crippen LogP contribution < -0.4 is 5.32 Å². The first-order chi connectivity index (χ1) is 14.6. The van der Waals surface area contributed by atoms with Gasteiger partial charge in [0.1, 0.15) is 5.82 Å². The molecule has 4 aromatic rings. The van der Waals surface area contributed by atoms with Crippen LogP contribution in [-0.2, 0) is 13.0 Å². The van der Waals surface area contributed by atoms with Crippen LogP contribution in [0, 0.1) is 5.82 Å². The quantitative estimate of drug-likeness (QED) is 0.432. The van der Waals surface area contributed by atoms with Crippen LogP contribution in [0.15, 0.2) is 85.1 Å². The van der Waals surface area contributed by atoms with Crippen LogP contribution in [0.5, 0.6) is 0 Å². The maximum Gasteiger partial charge on any atom is 0.253 e. The van der Waals surface area contributed by atoms with Crippen molar-refractivity contribution in [3.05, 3.63) is 108 Å². The van der Waals surface area contributed by atoms with E-state index in [0.717, 1.165) is 29.3 Å². The van der Waals surface area contributed by atoms with Gasteiger partial charge in [-0.15, -0.1) is 0 Å². The first kappa shape index (κ1) is 19.9. The molecule has 0 aliphatic heterocycles. The Morgan fingerprint density at radius 3 is 2.37 bits per heavy atom. The lowest BCUT2D eigenvalue weighted by atomic mass is 10.0. The molecule has 30 heavy (non-hydrogen) atoms. The zero-order valence-electron chi connectivity index (χ0n) is 17.0. The van der Waals surface area contributed by atoms with Gasteiger partial charge in [0.25, 0.3) is 5.91 Å². The average molecular weight is 400 g/mol. The fourth-order valence-corrected chi connectivity index (χ4v) is 3.80. The van der Waals surface area contributed by atoms with Crippen molar-refractivity contribution in [3.63, 3.8) is 0 Å². The van der Waals surface area contributed by atoms with E-state index in [0.29, 0.717) is 12.1 Å². The average Bonchev–Trinajstić information content (AvgIpc) is 3.14. The lowest BCUT2D eigenvalue weighted by molar-refractivity contribution is 0.0937. The molecule has 0 saturated heterocycles. The number of nitrogens with zero attached hydrogens (tertiary/aromatic N) is 1. The number of rotatable bonds is 7. The van der Waals surface area contributed by atoms with Gasteiger partial charge < -0.3 is 9.88 Å².